The highest BCUT2D eigenvalue weighted by atomic mass is 16.5. The number of nitrogens with one attached hydrogen (secondary N) is 1. The van der Waals surface area contributed by atoms with Gasteiger partial charge >= 0.3 is 0 Å². The molecule has 1 aliphatic rings. The third kappa shape index (κ3) is 3.72. The van der Waals surface area contributed by atoms with Gasteiger partial charge in [0.25, 0.3) is 0 Å². The average Bonchev–Trinajstić information content (AvgIpc) is 2.64. The third-order valence-corrected chi connectivity index (χ3v) is 3.72. The van der Waals surface area contributed by atoms with Crippen LogP contribution in [0.25, 0.3) is 0 Å². The molecule has 1 fully saturated rings. The lowest BCUT2D eigenvalue weighted by Gasteiger charge is -2.32. The molecule has 3 nitrogen and oxygen atoms in total. The fourth-order valence-corrected chi connectivity index (χ4v) is 2.51. The van der Waals surface area contributed by atoms with E-state index >= 15 is 0 Å². The van der Waals surface area contributed by atoms with Crippen LogP contribution in [0.5, 0.6) is 0 Å². The highest BCUT2D eigenvalue weighted by molar-refractivity contribution is 4.91. The maximum atomic E-state index is 5.74. The summed E-state index contributed by atoms with van der Waals surface area (Å²) in [7, 11) is 0. The second-order valence-electron chi connectivity index (χ2n) is 4.71. The largest absolute Gasteiger partial charge is 0.382 e. The van der Waals surface area contributed by atoms with Crippen LogP contribution in [-0.4, -0.2) is 39.0 Å². The van der Waals surface area contributed by atoms with Gasteiger partial charge in [0.2, 0.25) is 0 Å². The van der Waals surface area contributed by atoms with Gasteiger partial charge in [-0.15, -0.1) is 0 Å². The monoisotopic (exact) mass is 229 g/mol. The molecular weight excluding hydrogens is 202 g/mol. The first kappa shape index (κ1) is 13.9. The molecule has 16 heavy (non-hydrogen) atoms. The molecule has 0 aromatic rings. The van der Waals surface area contributed by atoms with Gasteiger partial charge in [0, 0.05) is 31.8 Å². The molecule has 1 saturated heterocycles. The van der Waals surface area contributed by atoms with E-state index in [1.807, 2.05) is 0 Å². The van der Waals surface area contributed by atoms with Crippen LogP contribution >= 0.6 is 0 Å². The fourth-order valence-electron chi connectivity index (χ4n) is 2.51. The zero-order valence-corrected chi connectivity index (χ0v) is 11.1. The highest BCUT2D eigenvalue weighted by Crippen LogP contribution is 2.38. The summed E-state index contributed by atoms with van der Waals surface area (Å²) in [5.74, 6) is 0. The quantitative estimate of drug-likeness (QED) is 0.647. The van der Waals surface area contributed by atoms with Gasteiger partial charge in [-0.25, -0.2) is 0 Å². The first-order chi connectivity index (χ1) is 7.75. The molecule has 0 bridgehead atoms. The van der Waals surface area contributed by atoms with Crippen molar-refractivity contribution in [2.75, 3.05) is 32.9 Å². The Labute approximate surface area is 99.9 Å². The highest BCUT2D eigenvalue weighted by Gasteiger charge is 2.40. The van der Waals surface area contributed by atoms with Crippen LogP contribution in [0.2, 0.25) is 0 Å². The SMILES string of the molecule is CCNCC1(CCCOCC)CCOC1C. The Kier molecular flexibility index (Phi) is 6.32. The van der Waals surface area contributed by atoms with Crippen molar-refractivity contribution in [3.63, 3.8) is 0 Å². The molecule has 0 aromatic heterocycles. The lowest BCUT2D eigenvalue weighted by atomic mass is 9.77. The van der Waals surface area contributed by atoms with Crippen molar-refractivity contribution >= 4 is 0 Å². The van der Waals surface area contributed by atoms with Crippen LogP contribution in [0, 0.1) is 5.41 Å². The molecule has 0 aliphatic carbocycles. The standard InChI is InChI=1S/C13H27NO2/c1-4-14-11-13(7-6-9-15-5-2)8-10-16-12(13)3/h12,14H,4-11H2,1-3H3. The molecule has 3 heteroatoms. The second kappa shape index (κ2) is 7.25. The Morgan fingerprint density at radius 2 is 2.25 bits per heavy atom. The van der Waals surface area contributed by atoms with Crippen molar-refractivity contribution in [3.8, 4) is 0 Å². The van der Waals surface area contributed by atoms with Crippen molar-refractivity contribution in [1.82, 2.24) is 5.32 Å². The van der Waals surface area contributed by atoms with E-state index in [2.05, 4.69) is 26.1 Å². The van der Waals surface area contributed by atoms with Crippen molar-refractivity contribution in [1.29, 1.82) is 0 Å². The molecule has 0 aromatic carbocycles. The van der Waals surface area contributed by atoms with Crippen LogP contribution in [-0.2, 0) is 9.47 Å². The van der Waals surface area contributed by atoms with Crippen molar-refractivity contribution in [2.45, 2.75) is 46.1 Å². The maximum absolute atomic E-state index is 5.74. The predicted octanol–water partition coefficient (Wildman–Crippen LogP) is 2.21. The second-order valence-corrected chi connectivity index (χ2v) is 4.71. The lowest BCUT2D eigenvalue weighted by Crippen LogP contribution is -2.39. The normalized spacial score (nSPS) is 29.8. The van der Waals surface area contributed by atoms with Gasteiger partial charge in [-0.3, -0.25) is 0 Å². The first-order valence-electron chi connectivity index (χ1n) is 6.65. The summed E-state index contributed by atoms with van der Waals surface area (Å²) in [5.41, 5.74) is 0.340. The van der Waals surface area contributed by atoms with E-state index in [1.165, 1.54) is 12.8 Å². The van der Waals surface area contributed by atoms with E-state index in [-0.39, 0.29) is 0 Å². The molecule has 0 spiro atoms. The fraction of sp³-hybridized carbons (Fsp3) is 1.00. The van der Waals surface area contributed by atoms with E-state index in [1.54, 1.807) is 0 Å². The molecule has 2 unspecified atom stereocenters. The van der Waals surface area contributed by atoms with Crippen LogP contribution in [0.1, 0.15) is 40.0 Å². The van der Waals surface area contributed by atoms with E-state index in [0.29, 0.717) is 11.5 Å². The summed E-state index contributed by atoms with van der Waals surface area (Å²) in [4.78, 5) is 0. The maximum Gasteiger partial charge on any atom is 0.0616 e. The van der Waals surface area contributed by atoms with Gasteiger partial charge in [-0.05, 0) is 39.7 Å². The van der Waals surface area contributed by atoms with E-state index in [9.17, 15) is 0 Å². The van der Waals surface area contributed by atoms with E-state index < -0.39 is 0 Å². The minimum Gasteiger partial charge on any atom is -0.382 e. The number of hydrogen-bond donors (Lipinski definition) is 1. The van der Waals surface area contributed by atoms with Crippen LogP contribution < -0.4 is 5.32 Å². The molecule has 2 atom stereocenters. The Morgan fingerprint density at radius 1 is 1.44 bits per heavy atom. The Morgan fingerprint density at radius 3 is 2.81 bits per heavy atom. The molecular formula is C13H27NO2. The van der Waals surface area contributed by atoms with Gasteiger partial charge in [0.1, 0.15) is 0 Å². The van der Waals surface area contributed by atoms with Crippen LogP contribution in [0.15, 0.2) is 0 Å². The summed E-state index contributed by atoms with van der Waals surface area (Å²) in [6, 6.07) is 0. The smallest absolute Gasteiger partial charge is 0.0616 e. The van der Waals surface area contributed by atoms with Gasteiger partial charge < -0.3 is 14.8 Å². The number of rotatable bonds is 8. The summed E-state index contributed by atoms with van der Waals surface area (Å²) < 4.78 is 11.2. The Hall–Kier alpha value is -0.120. The minimum absolute atomic E-state index is 0.340. The van der Waals surface area contributed by atoms with Crippen LogP contribution in [0.4, 0.5) is 0 Å². The number of ether oxygens (including phenoxy) is 2. The average molecular weight is 229 g/mol. The predicted molar refractivity (Wildman–Crippen MR) is 66.7 cm³/mol. The molecule has 1 heterocycles. The van der Waals surface area contributed by atoms with E-state index in [4.69, 9.17) is 9.47 Å². The molecule has 1 N–H and O–H groups in total. The van der Waals surface area contributed by atoms with Crippen molar-refractivity contribution in [2.24, 2.45) is 5.41 Å². The lowest BCUT2D eigenvalue weighted by molar-refractivity contribution is 0.0504. The zero-order chi connectivity index (χ0) is 11.9. The van der Waals surface area contributed by atoms with Crippen LogP contribution in [0.3, 0.4) is 0 Å². The van der Waals surface area contributed by atoms with Gasteiger partial charge in [0.15, 0.2) is 0 Å². The summed E-state index contributed by atoms with van der Waals surface area (Å²) in [6.45, 7) is 11.2. The molecule has 0 saturated carbocycles. The molecule has 0 amide bonds. The topological polar surface area (TPSA) is 30.5 Å². The molecule has 1 aliphatic heterocycles. The molecule has 1 rings (SSSR count). The summed E-state index contributed by atoms with van der Waals surface area (Å²) in [6.07, 6.45) is 3.93. The summed E-state index contributed by atoms with van der Waals surface area (Å²) in [5, 5.41) is 3.48. The van der Waals surface area contributed by atoms with Gasteiger partial charge in [0.05, 0.1) is 6.10 Å². The van der Waals surface area contributed by atoms with Gasteiger partial charge in [-0.2, -0.15) is 0 Å². The van der Waals surface area contributed by atoms with E-state index in [0.717, 1.165) is 39.3 Å². The summed E-state index contributed by atoms with van der Waals surface area (Å²) >= 11 is 0. The Bertz CT molecular complexity index is 187. The zero-order valence-electron chi connectivity index (χ0n) is 11.1. The van der Waals surface area contributed by atoms with Gasteiger partial charge in [-0.1, -0.05) is 6.92 Å². The molecule has 96 valence electrons. The number of hydrogen-bond acceptors (Lipinski definition) is 3. The Balaban J connectivity index is 2.37. The van der Waals surface area contributed by atoms with Crippen molar-refractivity contribution < 1.29 is 9.47 Å². The first-order valence-corrected chi connectivity index (χ1v) is 6.65. The minimum atomic E-state index is 0.340. The van der Waals surface area contributed by atoms with Crippen molar-refractivity contribution in [3.05, 3.63) is 0 Å². The molecule has 0 radical (unpaired) electrons. The third-order valence-electron chi connectivity index (χ3n) is 3.72.